The van der Waals surface area contributed by atoms with E-state index in [1.807, 2.05) is 0 Å². The van der Waals surface area contributed by atoms with Crippen molar-refractivity contribution in [3.05, 3.63) is 71.8 Å². The van der Waals surface area contributed by atoms with Gasteiger partial charge in [0.15, 0.2) is 0 Å². The van der Waals surface area contributed by atoms with E-state index in [0.717, 1.165) is 7.11 Å². The normalized spacial score (nSPS) is 13.3. The lowest BCUT2D eigenvalue weighted by Crippen LogP contribution is -2.44. The van der Waals surface area contributed by atoms with Crippen LogP contribution in [0.5, 0.6) is 0 Å². The molecule has 4 nitrogen and oxygen atoms in total. The van der Waals surface area contributed by atoms with Crippen LogP contribution in [0, 0.1) is 0 Å². The van der Waals surface area contributed by atoms with Gasteiger partial charge in [-0.15, -0.1) is 0 Å². The minimum atomic E-state index is -2.34. The molecule has 1 unspecified atom stereocenters. The Morgan fingerprint density at radius 3 is 1.95 bits per heavy atom. The number of carbonyl (C=O) groups is 2. The minimum absolute atomic E-state index is 0.181. The van der Waals surface area contributed by atoms with Crippen molar-refractivity contribution in [1.29, 1.82) is 0 Å². The first-order valence-corrected chi connectivity index (χ1v) is 6.07. The standard InChI is InChI=1S/C16H14O4/c1-20-15(18)16(19,13-10-6-3-7-11-13)14(17)12-8-4-2-5-9-12/h2-11,19H,1H3. The average Bonchev–Trinajstić information content (AvgIpc) is 2.54. The molecule has 0 spiro atoms. The highest BCUT2D eigenvalue weighted by molar-refractivity contribution is 6.15. The summed E-state index contributed by atoms with van der Waals surface area (Å²) in [6.45, 7) is 0. The second-order valence-corrected chi connectivity index (χ2v) is 4.26. The lowest BCUT2D eigenvalue weighted by molar-refractivity contribution is -0.158. The number of benzene rings is 2. The molecule has 0 heterocycles. The van der Waals surface area contributed by atoms with Crippen LogP contribution in [-0.4, -0.2) is 24.0 Å². The summed E-state index contributed by atoms with van der Waals surface area (Å²) >= 11 is 0. The summed E-state index contributed by atoms with van der Waals surface area (Å²) in [4.78, 5) is 24.5. The summed E-state index contributed by atoms with van der Waals surface area (Å²) in [6.07, 6.45) is 0. The summed E-state index contributed by atoms with van der Waals surface area (Å²) in [5.74, 6) is -1.71. The Morgan fingerprint density at radius 2 is 1.45 bits per heavy atom. The van der Waals surface area contributed by atoms with Crippen molar-refractivity contribution in [3.8, 4) is 0 Å². The third kappa shape index (κ3) is 2.33. The van der Waals surface area contributed by atoms with E-state index in [1.54, 1.807) is 48.5 Å². The highest BCUT2D eigenvalue weighted by atomic mass is 16.5. The van der Waals surface area contributed by atoms with Gasteiger partial charge in [0.2, 0.25) is 5.78 Å². The van der Waals surface area contributed by atoms with Crippen LogP contribution < -0.4 is 0 Å². The van der Waals surface area contributed by atoms with Gasteiger partial charge >= 0.3 is 5.97 Å². The van der Waals surface area contributed by atoms with Gasteiger partial charge in [0.1, 0.15) is 0 Å². The number of aliphatic hydroxyl groups is 1. The number of carbonyl (C=O) groups excluding carboxylic acids is 2. The van der Waals surface area contributed by atoms with Crippen molar-refractivity contribution in [3.63, 3.8) is 0 Å². The van der Waals surface area contributed by atoms with E-state index in [9.17, 15) is 14.7 Å². The third-order valence-electron chi connectivity index (χ3n) is 3.04. The van der Waals surface area contributed by atoms with Gasteiger partial charge in [-0.05, 0) is 0 Å². The second kappa shape index (κ2) is 5.67. The monoisotopic (exact) mass is 270 g/mol. The molecule has 0 saturated heterocycles. The molecule has 1 N–H and O–H groups in total. The molecule has 0 fully saturated rings. The van der Waals surface area contributed by atoms with Crippen molar-refractivity contribution < 1.29 is 19.4 Å². The molecule has 2 rings (SSSR count). The number of ketones is 1. The first-order chi connectivity index (χ1) is 9.60. The average molecular weight is 270 g/mol. The van der Waals surface area contributed by atoms with E-state index in [0.29, 0.717) is 0 Å². The van der Waals surface area contributed by atoms with Crippen LogP contribution in [0.3, 0.4) is 0 Å². The molecule has 0 aliphatic rings. The summed E-state index contributed by atoms with van der Waals surface area (Å²) in [5, 5.41) is 10.6. The van der Waals surface area contributed by atoms with Gasteiger partial charge in [-0.2, -0.15) is 0 Å². The molecule has 20 heavy (non-hydrogen) atoms. The minimum Gasteiger partial charge on any atom is -0.466 e. The fraction of sp³-hybridized carbons (Fsp3) is 0.125. The molecule has 0 aliphatic carbocycles. The predicted molar refractivity (Wildman–Crippen MR) is 73.1 cm³/mol. The van der Waals surface area contributed by atoms with Crippen LogP contribution in [0.1, 0.15) is 15.9 Å². The third-order valence-corrected chi connectivity index (χ3v) is 3.04. The lowest BCUT2D eigenvalue weighted by Gasteiger charge is -2.24. The molecule has 0 aliphatic heterocycles. The number of hydrogen-bond donors (Lipinski definition) is 1. The Hall–Kier alpha value is -2.46. The van der Waals surface area contributed by atoms with Gasteiger partial charge in [0.25, 0.3) is 5.60 Å². The van der Waals surface area contributed by atoms with Gasteiger partial charge in [0.05, 0.1) is 7.11 Å². The smallest absolute Gasteiger partial charge is 0.350 e. The Morgan fingerprint density at radius 1 is 0.950 bits per heavy atom. The maximum absolute atomic E-state index is 12.5. The fourth-order valence-electron chi connectivity index (χ4n) is 1.97. The molecule has 0 aromatic heterocycles. The van der Waals surface area contributed by atoms with Crippen molar-refractivity contribution in [2.45, 2.75) is 5.60 Å². The van der Waals surface area contributed by atoms with Gasteiger partial charge in [-0.3, -0.25) is 4.79 Å². The van der Waals surface area contributed by atoms with Crippen LogP contribution in [-0.2, 0) is 15.1 Å². The van der Waals surface area contributed by atoms with Gasteiger partial charge in [0, 0.05) is 11.1 Å². The predicted octanol–water partition coefficient (Wildman–Crippen LogP) is 1.93. The van der Waals surface area contributed by atoms with Crippen molar-refractivity contribution in [2.75, 3.05) is 7.11 Å². The zero-order valence-corrected chi connectivity index (χ0v) is 10.9. The molecular weight excluding hydrogens is 256 g/mol. The maximum Gasteiger partial charge on any atom is 0.350 e. The lowest BCUT2D eigenvalue weighted by atomic mass is 9.86. The molecular formula is C16H14O4. The number of Topliss-reactive ketones (excluding diaryl/α,β-unsaturated/α-hetero) is 1. The molecule has 102 valence electrons. The Balaban J connectivity index is 2.54. The molecule has 0 amide bonds. The number of methoxy groups -OCH3 is 1. The van der Waals surface area contributed by atoms with E-state index >= 15 is 0 Å². The maximum atomic E-state index is 12.5. The Kier molecular flexibility index (Phi) is 3.96. The van der Waals surface area contributed by atoms with Gasteiger partial charge in [-0.1, -0.05) is 60.7 Å². The van der Waals surface area contributed by atoms with E-state index < -0.39 is 17.4 Å². The summed E-state index contributed by atoms with van der Waals surface area (Å²) in [7, 11) is 1.13. The second-order valence-electron chi connectivity index (χ2n) is 4.26. The zero-order valence-electron chi connectivity index (χ0n) is 10.9. The molecule has 0 saturated carbocycles. The molecule has 2 aromatic rings. The number of ether oxygens (including phenoxy) is 1. The topological polar surface area (TPSA) is 63.6 Å². The van der Waals surface area contributed by atoms with Crippen LogP contribution in [0.2, 0.25) is 0 Å². The van der Waals surface area contributed by atoms with Crippen molar-refractivity contribution in [2.24, 2.45) is 0 Å². The molecule has 1 atom stereocenters. The number of rotatable bonds is 4. The SMILES string of the molecule is COC(=O)C(O)(C(=O)c1ccccc1)c1ccccc1. The van der Waals surface area contributed by atoms with Crippen molar-refractivity contribution in [1.82, 2.24) is 0 Å². The van der Waals surface area contributed by atoms with Crippen LogP contribution in [0.4, 0.5) is 0 Å². The summed E-state index contributed by atoms with van der Waals surface area (Å²) < 4.78 is 4.60. The zero-order chi connectivity index (χ0) is 14.6. The van der Waals surface area contributed by atoms with E-state index in [2.05, 4.69) is 4.74 Å². The van der Waals surface area contributed by atoms with E-state index in [1.165, 1.54) is 12.1 Å². The molecule has 0 radical (unpaired) electrons. The Labute approximate surface area is 116 Å². The Bertz CT molecular complexity index is 607. The molecule has 4 heteroatoms. The van der Waals surface area contributed by atoms with Crippen LogP contribution in [0.25, 0.3) is 0 Å². The summed E-state index contributed by atoms with van der Waals surface area (Å²) in [6, 6.07) is 16.2. The van der Waals surface area contributed by atoms with E-state index in [4.69, 9.17) is 0 Å². The van der Waals surface area contributed by atoms with Gasteiger partial charge < -0.3 is 9.84 Å². The molecule has 0 bridgehead atoms. The first-order valence-electron chi connectivity index (χ1n) is 6.07. The number of esters is 1. The van der Waals surface area contributed by atoms with Gasteiger partial charge in [-0.25, -0.2) is 4.79 Å². The van der Waals surface area contributed by atoms with Crippen molar-refractivity contribution >= 4 is 11.8 Å². The first kappa shape index (κ1) is 14.0. The quantitative estimate of drug-likeness (QED) is 0.524. The largest absolute Gasteiger partial charge is 0.466 e. The summed E-state index contributed by atoms with van der Waals surface area (Å²) in [5.41, 5.74) is -1.91. The number of hydrogen-bond acceptors (Lipinski definition) is 4. The molecule has 2 aromatic carbocycles. The van der Waals surface area contributed by atoms with Crippen LogP contribution >= 0.6 is 0 Å². The highest BCUT2D eigenvalue weighted by Crippen LogP contribution is 2.27. The highest BCUT2D eigenvalue weighted by Gasteiger charge is 2.47. The van der Waals surface area contributed by atoms with Crippen LogP contribution in [0.15, 0.2) is 60.7 Å². The fourth-order valence-corrected chi connectivity index (χ4v) is 1.97. The van der Waals surface area contributed by atoms with E-state index in [-0.39, 0.29) is 11.1 Å².